The van der Waals surface area contributed by atoms with Crippen LogP contribution in [0, 0.1) is 0 Å². The molecule has 5 heteroatoms. The number of esters is 1. The first-order chi connectivity index (χ1) is 11.1. The molecule has 0 aliphatic carbocycles. The number of fused-ring (bicyclic) bond motifs is 2. The maximum atomic E-state index is 12.4. The minimum Gasteiger partial charge on any atom is -0.479 e. The van der Waals surface area contributed by atoms with E-state index in [2.05, 4.69) is 11.9 Å². The summed E-state index contributed by atoms with van der Waals surface area (Å²) in [5.74, 6) is 0.387. The van der Waals surface area contributed by atoms with Crippen molar-refractivity contribution in [1.82, 2.24) is 4.90 Å². The summed E-state index contributed by atoms with van der Waals surface area (Å²) >= 11 is 5.87. The molecule has 2 fully saturated rings. The molecule has 0 unspecified atom stereocenters. The molecule has 0 N–H and O–H groups in total. The first-order valence-electron chi connectivity index (χ1n) is 8.41. The maximum Gasteiger partial charge on any atom is 0.347 e. The summed E-state index contributed by atoms with van der Waals surface area (Å²) in [4.78, 5) is 14.9. The Morgan fingerprint density at radius 3 is 2.43 bits per heavy atom. The molecule has 0 radical (unpaired) electrons. The van der Waals surface area contributed by atoms with E-state index in [1.165, 1.54) is 12.8 Å². The van der Waals surface area contributed by atoms with Crippen molar-refractivity contribution in [2.45, 2.75) is 63.3 Å². The number of carbonyl (C=O) groups excluding carboxylic acids is 1. The first kappa shape index (κ1) is 16.6. The fourth-order valence-corrected chi connectivity index (χ4v) is 3.80. The Hall–Kier alpha value is -1.26. The lowest BCUT2D eigenvalue weighted by Crippen LogP contribution is -2.44. The molecule has 0 spiro atoms. The predicted molar refractivity (Wildman–Crippen MR) is 89.8 cm³/mol. The van der Waals surface area contributed by atoms with Crippen molar-refractivity contribution in [3.05, 3.63) is 29.3 Å². The number of ether oxygens (including phenoxy) is 2. The summed E-state index contributed by atoms with van der Waals surface area (Å²) in [6.07, 6.45) is 4.36. The van der Waals surface area contributed by atoms with E-state index in [9.17, 15) is 4.79 Å². The van der Waals surface area contributed by atoms with Gasteiger partial charge in [-0.1, -0.05) is 18.5 Å². The molecular weight excluding hydrogens is 314 g/mol. The van der Waals surface area contributed by atoms with E-state index < -0.39 is 6.10 Å². The van der Waals surface area contributed by atoms with Crippen LogP contribution in [0.1, 0.15) is 39.0 Å². The molecule has 23 heavy (non-hydrogen) atoms. The lowest BCUT2D eigenvalue weighted by Gasteiger charge is -2.36. The number of nitrogens with zero attached hydrogens (tertiary/aromatic N) is 1. The average Bonchev–Trinajstić information content (AvgIpc) is 2.75. The third-order valence-corrected chi connectivity index (χ3v) is 5.32. The van der Waals surface area contributed by atoms with E-state index in [1.54, 1.807) is 24.3 Å². The fraction of sp³-hybridized carbons (Fsp3) is 0.611. The van der Waals surface area contributed by atoms with Gasteiger partial charge in [-0.2, -0.15) is 0 Å². The van der Waals surface area contributed by atoms with Gasteiger partial charge in [0.15, 0.2) is 6.10 Å². The van der Waals surface area contributed by atoms with E-state index in [4.69, 9.17) is 21.1 Å². The normalized spacial score (nSPS) is 28.4. The zero-order chi connectivity index (χ0) is 16.4. The highest BCUT2D eigenvalue weighted by Crippen LogP contribution is 2.35. The monoisotopic (exact) mass is 337 g/mol. The lowest BCUT2D eigenvalue weighted by atomic mass is 10.0. The third kappa shape index (κ3) is 3.81. The molecule has 2 heterocycles. The van der Waals surface area contributed by atoms with Gasteiger partial charge in [-0.15, -0.1) is 0 Å². The lowest BCUT2D eigenvalue weighted by molar-refractivity contribution is -0.161. The van der Waals surface area contributed by atoms with Crippen molar-refractivity contribution in [2.75, 3.05) is 7.05 Å². The van der Waals surface area contributed by atoms with Crippen LogP contribution in [0.3, 0.4) is 0 Å². The molecule has 2 aliphatic rings. The number of hydrogen-bond donors (Lipinski definition) is 0. The molecule has 0 aromatic heterocycles. The second kappa shape index (κ2) is 7.10. The molecule has 2 bridgehead atoms. The Labute approximate surface area is 142 Å². The van der Waals surface area contributed by atoms with Gasteiger partial charge in [-0.3, -0.25) is 0 Å². The summed E-state index contributed by atoms with van der Waals surface area (Å²) in [6.45, 7) is 1.93. The number of rotatable bonds is 5. The topological polar surface area (TPSA) is 38.8 Å². The van der Waals surface area contributed by atoms with Crippen molar-refractivity contribution in [3.63, 3.8) is 0 Å². The fourth-order valence-electron chi connectivity index (χ4n) is 3.67. The number of halogens is 1. The Balaban J connectivity index is 1.56. The molecule has 126 valence electrons. The highest BCUT2D eigenvalue weighted by atomic mass is 35.5. The molecule has 1 aromatic rings. The van der Waals surface area contributed by atoms with E-state index in [1.807, 2.05) is 6.92 Å². The Morgan fingerprint density at radius 2 is 1.87 bits per heavy atom. The van der Waals surface area contributed by atoms with E-state index >= 15 is 0 Å². The number of benzene rings is 1. The molecule has 2 aliphatic heterocycles. The van der Waals surface area contributed by atoms with E-state index in [-0.39, 0.29) is 12.1 Å². The number of carbonyl (C=O) groups is 1. The van der Waals surface area contributed by atoms with Gasteiger partial charge in [0, 0.05) is 17.1 Å². The Bertz CT molecular complexity index is 534. The van der Waals surface area contributed by atoms with Crippen molar-refractivity contribution in [1.29, 1.82) is 0 Å². The smallest absolute Gasteiger partial charge is 0.347 e. The molecule has 1 aromatic carbocycles. The molecule has 0 saturated carbocycles. The second-order valence-electron chi connectivity index (χ2n) is 6.55. The van der Waals surface area contributed by atoms with Gasteiger partial charge in [-0.25, -0.2) is 4.79 Å². The molecular formula is C18H24ClNO3. The van der Waals surface area contributed by atoms with Crippen LogP contribution in [0.5, 0.6) is 5.75 Å². The van der Waals surface area contributed by atoms with Crippen LogP contribution >= 0.6 is 11.6 Å². The van der Waals surface area contributed by atoms with Gasteiger partial charge in [0.25, 0.3) is 0 Å². The zero-order valence-electron chi connectivity index (χ0n) is 13.7. The standard InChI is InChI=1S/C18H24ClNO3/c1-3-17(22-15-8-4-12(19)5-9-15)18(21)23-16-10-13-6-7-14(11-16)20(13)2/h4-5,8-9,13-14,16-17H,3,6-7,10-11H2,1-2H3/t13-,14-,17+/m0/s1. The highest BCUT2D eigenvalue weighted by Gasteiger charge is 2.40. The molecule has 3 atom stereocenters. The van der Waals surface area contributed by atoms with Crippen molar-refractivity contribution in [3.8, 4) is 5.75 Å². The minimum absolute atomic E-state index is 0.0269. The van der Waals surface area contributed by atoms with Crippen LogP contribution in [-0.2, 0) is 9.53 Å². The van der Waals surface area contributed by atoms with Crippen molar-refractivity contribution in [2.24, 2.45) is 0 Å². The SMILES string of the molecule is CC[C@@H](Oc1ccc(Cl)cc1)C(=O)OC1C[C@@H]2CC[C@@H](C1)N2C. The van der Waals surface area contributed by atoms with Gasteiger partial charge in [0.2, 0.25) is 0 Å². The quantitative estimate of drug-likeness (QED) is 0.768. The summed E-state index contributed by atoms with van der Waals surface area (Å²) in [5.41, 5.74) is 0. The molecule has 2 saturated heterocycles. The van der Waals surface area contributed by atoms with Crippen LogP contribution in [0.4, 0.5) is 0 Å². The largest absolute Gasteiger partial charge is 0.479 e. The van der Waals surface area contributed by atoms with Gasteiger partial charge in [-0.05, 0) is 63.4 Å². The second-order valence-corrected chi connectivity index (χ2v) is 6.99. The van der Waals surface area contributed by atoms with Gasteiger partial charge >= 0.3 is 5.97 Å². The van der Waals surface area contributed by atoms with Gasteiger partial charge in [0.05, 0.1) is 0 Å². The highest BCUT2D eigenvalue weighted by molar-refractivity contribution is 6.30. The minimum atomic E-state index is -0.562. The first-order valence-corrected chi connectivity index (χ1v) is 8.79. The van der Waals surface area contributed by atoms with Crippen LogP contribution in [0.25, 0.3) is 0 Å². The third-order valence-electron chi connectivity index (χ3n) is 5.06. The van der Waals surface area contributed by atoms with Crippen molar-refractivity contribution >= 4 is 17.6 Å². The van der Waals surface area contributed by atoms with Crippen LogP contribution in [-0.4, -0.2) is 42.2 Å². The van der Waals surface area contributed by atoms with Gasteiger partial charge < -0.3 is 14.4 Å². The number of hydrogen-bond acceptors (Lipinski definition) is 4. The van der Waals surface area contributed by atoms with E-state index in [0.29, 0.717) is 29.3 Å². The summed E-state index contributed by atoms with van der Waals surface area (Å²) in [7, 11) is 2.18. The van der Waals surface area contributed by atoms with E-state index in [0.717, 1.165) is 12.8 Å². The zero-order valence-corrected chi connectivity index (χ0v) is 14.5. The molecule has 3 rings (SSSR count). The summed E-state index contributed by atoms with van der Waals surface area (Å²) in [6, 6.07) is 8.17. The maximum absolute atomic E-state index is 12.4. The van der Waals surface area contributed by atoms with Crippen LogP contribution in [0.2, 0.25) is 5.02 Å². The molecule has 4 nitrogen and oxygen atoms in total. The summed E-state index contributed by atoms with van der Waals surface area (Å²) in [5, 5.41) is 0.648. The van der Waals surface area contributed by atoms with Crippen LogP contribution < -0.4 is 4.74 Å². The average molecular weight is 338 g/mol. The summed E-state index contributed by atoms with van der Waals surface area (Å²) < 4.78 is 11.5. The Kier molecular flexibility index (Phi) is 5.12. The van der Waals surface area contributed by atoms with Gasteiger partial charge in [0.1, 0.15) is 11.9 Å². The van der Waals surface area contributed by atoms with Crippen molar-refractivity contribution < 1.29 is 14.3 Å². The predicted octanol–water partition coefficient (Wildman–Crippen LogP) is 3.67. The van der Waals surface area contributed by atoms with Crippen LogP contribution in [0.15, 0.2) is 24.3 Å². The molecule has 0 amide bonds. The number of piperidine rings is 1. The Morgan fingerprint density at radius 1 is 1.26 bits per heavy atom.